The zero-order valence-corrected chi connectivity index (χ0v) is 14.9. The van der Waals surface area contributed by atoms with Crippen LogP contribution in [0, 0.1) is 5.92 Å². The van der Waals surface area contributed by atoms with E-state index in [1.54, 1.807) is 18.2 Å². The molecule has 0 bridgehead atoms. The number of hydrogen-bond donors (Lipinski definition) is 1. The predicted octanol–water partition coefficient (Wildman–Crippen LogP) is 1.95. The van der Waals surface area contributed by atoms with E-state index in [0.717, 1.165) is 19.4 Å². The minimum Gasteiger partial charge on any atom is -0.353 e. The number of hydrogen-bond acceptors (Lipinski definition) is 3. The van der Waals surface area contributed by atoms with E-state index in [1.807, 2.05) is 19.3 Å². The summed E-state index contributed by atoms with van der Waals surface area (Å²) in [4.78, 5) is 0. The van der Waals surface area contributed by atoms with Crippen molar-refractivity contribution in [2.45, 2.75) is 51.4 Å². The summed E-state index contributed by atoms with van der Waals surface area (Å²) in [5.74, 6) is 0.377. The van der Waals surface area contributed by atoms with Gasteiger partial charge >= 0.3 is 0 Å². The molecule has 0 aromatic carbocycles. The van der Waals surface area contributed by atoms with Gasteiger partial charge in [0.2, 0.25) is 10.0 Å². The number of piperidine rings is 1. The highest BCUT2D eigenvalue weighted by Crippen LogP contribution is 2.24. The molecule has 0 radical (unpaired) electrons. The van der Waals surface area contributed by atoms with Crippen molar-refractivity contribution < 1.29 is 8.42 Å². The Kier molecular flexibility index (Phi) is 5.69. The van der Waals surface area contributed by atoms with Crippen LogP contribution in [0.1, 0.15) is 39.3 Å². The van der Waals surface area contributed by atoms with Gasteiger partial charge < -0.3 is 9.88 Å². The third-order valence-corrected chi connectivity index (χ3v) is 7.02. The lowest BCUT2D eigenvalue weighted by atomic mass is 9.91. The molecule has 2 rings (SSSR count). The molecule has 0 unspecified atom stereocenters. The fraction of sp³-hybridized carbons (Fsp3) is 0.750. The van der Waals surface area contributed by atoms with Crippen molar-refractivity contribution in [3.8, 4) is 0 Å². The Labute approximate surface area is 134 Å². The van der Waals surface area contributed by atoms with E-state index < -0.39 is 10.0 Å². The molecule has 1 N–H and O–H groups in total. The van der Waals surface area contributed by atoms with E-state index in [9.17, 15) is 8.42 Å². The molecule has 22 heavy (non-hydrogen) atoms. The lowest BCUT2D eigenvalue weighted by Crippen LogP contribution is -2.52. The van der Waals surface area contributed by atoms with Crippen molar-refractivity contribution >= 4 is 10.0 Å². The molecule has 6 heteroatoms. The van der Waals surface area contributed by atoms with Crippen LogP contribution < -0.4 is 5.32 Å². The maximum atomic E-state index is 12.3. The summed E-state index contributed by atoms with van der Waals surface area (Å²) in [5.41, 5.74) is 1.26. The largest absolute Gasteiger partial charge is 0.353 e. The van der Waals surface area contributed by atoms with Crippen LogP contribution in [0.4, 0.5) is 0 Å². The molecule has 2 heterocycles. The minimum atomic E-state index is -3.13. The SMILES string of the molecule is CC[C@H]1CN(S(=O)(=O)C(C)C)CC[C@H]1NCc1cccn1C. The molecule has 1 aliphatic rings. The van der Waals surface area contributed by atoms with E-state index in [1.165, 1.54) is 5.69 Å². The van der Waals surface area contributed by atoms with Gasteiger partial charge in [0.1, 0.15) is 0 Å². The maximum absolute atomic E-state index is 12.3. The molecule has 1 fully saturated rings. The Bertz CT molecular complexity index is 580. The highest BCUT2D eigenvalue weighted by molar-refractivity contribution is 7.89. The van der Waals surface area contributed by atoms with Gasteiger partial charge in [-0.1, -0.05) is 13.3 Å². The van der Waals surface area contributed by atoms with Crippen molar-refractivity contribution in [2.24, 2.45) is 13.0 Å². The maximum Gasteiger partial charge on any atom is 0.216 e. The van der Waals surface area contributed by atoms with Gasteiger partial charge in [0.15, 0.2) is 0 Å². The molecule has 2 atom stereocenters. The lowest BCUT2D eigenvalue weighted by Gasteiger charge is -2.38. The number of aromatic nitrogens is 1. The summed E-state index contributed by atoms with van der Waals surface area (Å²) in [6, 6.07) is 4.55. The Morgan fingerprint density at radius 2 is 2.14 bits per heavy atom. The molecular weight excluding hydrogens is 298 g/mol. The second-order valence-electron chi connectivity index (χ2n) is 6.51. The minimum absolute atomic E-state index is 0.335. The monoisotopic (exact) mass is 327 g/mol. The zero-order chi connectivity index (χ0) is 16.3. The standard InChI is InChI=1S/C16H29N3O2S/c1-5-14-12-19(22(20,21)13(2)3)10-8-16(14)17-11-15-7-6-9-18(15)4/h6-7,9,13-14,16-17H,5,8,10-12H2,1-4H3/t14-,16+/m0/s1. The fourth-order valence-corrected chi connectivity index (χ4v) is 4.48. The Morgan fingerprint density at radius 1 is 1.41 bits per heavy atom. The first-order valence-electron chi connectivity index (χ1n) is 8.18. The molecule has 0 aliphatic carbocycles. The molecule has 1 aromatic heterocycles. The highest BCUT2D eigenvalue weighted by atomic mass is 32.2. The molecule has 1 aliphatic heterocycles. The Hall–Kier alpha value is -0.850. The zero-order valence-electron chi connectivity index (χ0n) is 14.1. The third-order valence-electron chi connectivity index (χ3n) is 4.77. The summed E-state index contributed by atoms with van der Waals surface area (Å²) >= 11 is 0. The van der Waals surface area contributed by atoms with E-state index in [0.29, 0.717) is 25.0 Å². The van der Waals surface area contributed by atoms with Gasteiger partial charge in [-0.25, -0.2) is 12.7 Å². The average Bonchev–Trinajstić information content (AvgIpc) is 2.90. The molecule has 0 saturated carbocycles. The predicted molar refractivity (Wildman–Crippen MR) is 90.1 cm³/mol. The van der Waals surface area contributed by atoms with Crippen molar-refractivity contribution in [1.29, 1.82) is 0 Å². The van der Waals surface area contributed by atoms with Gasteiger partial charge in [0.05, 0.1) is 5.25 Å². The van der Waals surface area contributed by atoms with E-state index in [4.69, 9.17) is 0 Å². The van der Waals surface area contributed by atoms with Crippen LogP contribution in [0.15, 0.2) is 18.3 Å². The number of nitrogens with zero attached hydrogens (tertiary/aromatic N) is 2. The number of rotatable bonds is 6. The molecule has 1 saturated heterocycles. The van der Waals surface area contributed by atoms with Crippen LogP contribution in [0.3, 0.4) is 0 Å². The molecule has 0 spiro atoms. The molecule has 126 valence electrons. The summed E-state index contributed by atoms with van der Waals surface area (Å²) in [7, 11) is -1.08. The van der Waals surface area contributed by atoms with Crippen molar-refractivity contribution in [2.75, 3.05) is 13.1 Å². The lowest BCUT2D eigenvalue weighted by molar-refractivity contribution is 0.199. The third kappa shape index (κ3) is 3.73. The van der Waals surface area contributed by atoms with Crippen molar-refractivity contribution in [3.05, 3.63) is 24.0 Å². The van der Waals surface area contributed by atoms with Gasteiger partial charge in [-0.3, -0.25) is 0 Å². The van der Waals surface area contributed by atoms with E-state index in [-0.39, 0.29) is 5.25 Å². The summed E-state index contributed by atoms with van der Waals surface area (Å²) in [6.07, 6.45) is 3.93. The summed E-state index contributed by atoms with van der Waals surface area (Å²) in [5, 5.41) is 3.29. The Morgan fingerprint density at radius 3 is 2.68 bits per heavy atom. The second-order valence-corrected chi connectivity index (χ2v) is 9.00. The molecule has 0 amide bonds. The number of aryl methyl sites for hydroxylation is 1. The van der Waals surface area contributed by atoms with Crippen LogP contribution in [0.25, 0.3) is 0 Å². The first kappa shape index (κ1) is 17.5. The van der Waals surface area contributed by atoms with Gasteiger partial charge in [-0.2, -0.15) is 0 Å². The normalized spacial score (nSPS) is 24.0. The fourth-order valence-electron chi connectivity index (χ4n) is 3.13. The van der Waals surface area contributed by atoms with Crippen LogP contribution in [-0.2, 0) is 23.6 Å². The van der Waals surface area contributed by atoms with E-state index >= 15 is 0 Å². The van der Waals surface area contributed by atoms with Crippen LogP contribution in [0.2, 0.25) is 0 Å². The van der Waals surface area contributed by atoms with Gasteiger partial charge in [0, 0.05) is 44.6 Å². The molecule has 1 aromatic rings. The van der Waals surface area contributed by atoms with Crippen LogP contribution in [0.5, 0.6) is 0 Å². The second kappa shape index (κ2) is 7.15. The first-order valence-corrected chi connectivity index (χ1v) is 9.69. The molecule has 5 nitrogen and oxygen atoms in total. The van der Waals surface area contributed by atoms with Gasteiger partial charge in [0.25, 0.3) is 0 Å². The topological polar surface area (TPSA) is 54.3 Å². The van der Waals surface area contributed by atoms with E-state index in [2.05, 4.69) is 22.9 Å². The quantitative estimate of drug-likeness (QED) is 0.869. The smallest absolute Gasteiger partial charge is 0.216 e. The van der Waals surface area contributed by atoms with Crippen molar-refractivity contribution in [1.82, 2.24) is 14.2 Å². The number of sulfonamides is 1. The van der Waals surface area contributed by atoms with Gasteiger partial charge in [-0.05, 0) is 38.3 Å². The van der Waals surface area contributed by atoms with Gasteiger partial charge in [-0.15, -0.1) is 0 Å². The summed E-state index contributed by atoms with van der Waals surface area (Å²) < 4.78 is 28.5. The van der Waals surface area contributed by atoms with Crippen molar-refractivity contribution in [3.63, 3.8) is 0 Å². The molecular formula is C16H29N3O2S. The van der Waals surface area contributed by atoms with Crippen LogP contribution in [-0.4, -0.2) is 41.7 Å². The average molecular weight is 327 g/mol. The highest BCUT2D eigenvalue weighted by Gasteiger charge is 2.35. The number of nitrogens with one attached hydrogen (secondary N) is 1. The Balaban J connectivity index is 1.97. The summed E-state index contributed by atoms with van der Waals surface area (Å²) in [6.45, 7) is 7.77. The van der Waals surface area contributed by atoms with Crippen LogP contribution >= 0.6 is 0 Å². The first-order chi connectivity index (χ1) is 10.4.